The highest BCUT2D eigenvalue weighted by Gasteiger charge is 2.15. The minimum Gasteiger partial charge on any atom is -0.494 e. The Morgan fingerprint density at radius 3 is 2.67 bits per heavy atom. The molecule has 2 heterocycles. The second-order valence-electron chi connectivity index (χ2n) is 6.85. The van der Waals surface area contributed by atoms with Crippen LogP contribution in [0.5, 0.6) is 5.75 Å². The number of thioether (sulfide) groups is 1. The van der Waals surface area contributed by atoms with E-state index in [2.05, 4.69) is 15.3 Å². The predicted molar refractivity (Wildman–Crippen MR) is 131 cm³/mol. The Hall–Kier alpha value is -3.02. The van der Waals surface area contributed by atoms with Crippen LogP contribution in [0.25, 0.3) is 16.0 Å². The third-order valence-electron chi connectivity index (χ3n) is 4.57. The molecular weight excluding hydrogens is 483 g/mol. The minimum absolute atomic E-state index is 0.0591. The van der Waals surface area contributed by atoms with Crippen molar-refractivity contribution in [3.63, 3.8) is 0 Å². The first-order valence-electron chi connectivity index (χ1n) is 9.97. The molecule has 0 saturated heterocycles. The molecule has 0 bridgehead atoms. The third-order valence-corrected chi connectivity index (χ3v) is 6.80. The van der Waals surface area contributed by atoms with Crippen molar-refractivity contribution in [3.05, 3.63) is 74.2 Å². The average Bonchev–Trinajstić information content (AvgIpc) is 3.14. The number of ether oxygens (including phenoxy) is 1. The Balaban J connectivity index is 1.51. The topological polar surface area (TPSA) is 89.0 Å². The van der Waals surface area contributed by atoms with Gasteiger partial charge in [-0.3, -0.25) is 14.2 Å². The summed E-state index contributed by atoms with van der Waals surface area (Å²) in [6, 6.07) is 13.3. The van der Waals surface area contributed by atoms with Crippen molar-refractivity contribution in [2.24, 2.45) is 0 Å². The zero-order valence-electron chi connectivity index (χ0n) is 17.5. The number of nitrogens with one attached hydrogen (secondary N) is 2. The number of fused-ring (bicyclic) bond motifs is 1. The Labute approximate surface area is 201 Å². The van der Waals surface area contributed by atoms with Gasteiger partial charge in [0.1, 0.15) is 16.3 Å². The first-order chi connectivity index (χ1) is 15.9. The van der Waals surface area contributed by atoms with E-state index < -0.39 is 0 Å². The van der Waals surface area contributed by atoms with Gasteiger partial charge in [0, 0.05) is 12.2 Å². The van der Waals surface area contributed by atoms with Crippen molar-refractivity contribution in [1.29, 1.82) is 0 Å². The van der Waals surface area contributed by atoms with Crippen molar-refractivity contribution in [2.45, 2.75) is 18.6 Å². The van der Waals surface area contributed by atoms with E-state index in [1.807, 2.05) is 31.2 Å². The molecule has 0 aliphatic carbocycles. The van der Waals surface area contributed by atoms with Gasteiger partial charge in [0.15, 0.2) is 14.8 Å². The largest absolute Gasteiger partial charge is 0.494 e. The summed E-state index contributed by atoms with van der Waals surface area (Å²) in [7, 11) is 0. The summed E-state index contributed by atoms with van der Waals surface area (Å²) in [6.07, 6.45) is 0. The van der Waals surface area contributed by atoms with E-state index in [1.54, 1.807) is 16.7 Å². The van der Waals surface area contributed by atoms with Gasteiger partial charge in [-0.1, -0.05) is 35.2 Å². The summed E-state index contributed by atoms with van der Waals surface area (Å²) in [5, 5.41) is 3.08. The summed E-state index contributed by atoms with van der Waals surface area (Å²) in [5.74, 6) is 0.231. The number of carbonyl (C=O) groups excluding carboxylic acids is 1. The number of rotatable bonds is 8. The maximum absolute atomic E-state index is 13.0. The van der Waals surface area contributed by atoms with E-state index in [9.17, 15) is 14.0 Å². The number of hydrogen-bond donors (Lipinski definition) is 2. The first kappa shape index (κ1) is 23.1. The van der Waals surface area contributed by atoms with Gasteiger partial charge in [0.25, 0.3) is 5.56 Å². The summed E-state index contributed by atoms with van der Waals surface area (Å²) in [6.45, 7) is 2.76. The van der Waals surface area contributed by atoms with E-state index in [0.29, 0.717) is 26.1 Å². The van der Waals surface area contributed by atoms with Gasteiger partial charge >= 0.3 is 0 Å². The number of aromatic amines is 1. The molecule has 11 heteroatoms. The Kier molecular flexibility index (Phi) is 7.21. The van der Waals surface area contributed by atoms with Gasteiger partial charge < -0.3 is 15.0 Å². The maximum Gasteiger partial charge on any atom is 0.271 e. The lowest BCUT2D eigenvalue weighted by atomic mass is 10.2. The van der Waals surface area contributed by atoms with Gasteiger partial charge in [0.05, 0.1) is 12.4 Å². The van der Waals surface area contributed by atoms with Gasteiger partial charge in [-0.15, -0.1) is 0 Å². The number of H-pyrrole nitrogens is 1. The Bertz CT molecular complexity index is 1400. The van der Waals surface area contributed by atoms with Crippen LogP contribution in [0, 0.1) is 9.77 Å². The highest BCUT2D eigenvalue weighted by molar-refractivity contribution is 7.99. The average molecular weight is 503 g/mol. The van der Waals surface area contributed by atoms with Crippen LogP contribution in [0.2, 0.25) is 0 Å². The number of nitrogens with zero attached hydrogens (tertiary/aromatic N) is 2. The van der Waals surface area contributed by atoms with Crippen molar-refractivity contribution >= 4 is 51.6 Å². The molecule has 170 valence electrons. The molecule has 0 saturated carbocycles. The fraction of sp³-hybridized carbons (Fsp3) is 0.182. The van der Waals surface area contributed by atoms with Crippen LogP contribution in [0.3, 0.4) is 0 Å². The molecule has 1 amide bonds. The van der Waals surface area contributed by atoms with Crippen molar-refractivity contribution in [2.75, 3.05) is 12.4 Å². The molecule has 0 aliphatic rings. The number of carbonyl (C=O) groups is 1. The maximum atomic E-state index is 13.0. The van der Waals surface area contributed by atoms with Crippen LogP contribution < -0.4 is 15.6 Å². The third kappa shape index (κ3) is 5.49. The number of hydrogen-bond acceptors (Lipinski definition) is 7. The van der Waals surface area contributed by atoms with E-state index in [-0.39, 0.29) is 29.6 Å². The number of amides is 1. The van der Waals surface area contributed by atoms with E-state index in [0.717, 1.165) is 28.8 Å². The summed E-state index contributed by atoms with van der Waals surface area (Å²) in [5.41, 5.74) is 1.68. The molecule has 2 N–H and O–H groups in total. The molecule has 0 aliphatic heterocycles. The molecule has 2 aromatic carbocycles. The summed E-state index contributed by atoms with van der Waals surface area (Å²) in [4.78, 5) is 32.1. The smallest absolute Gasteiger partial charge is 0.271 e. The quantitative estimate of drug-likeness (QED) is 0.210. The monoisotopic (exact) mass is 502 g/mol. The van der Waals surface area contributed by atoms with Gasteiger partial charge in [-0.2, -0.15) is 0 Å². The van der Waals surface area contributed by atoms with Crippen molar-refractivity contribution < 1.29 is 13.9 Å². The molecule has 0 fully saturated rings. The molecule has 4 aromatic rings. The molecule has 7 nitrogen and oxygen atoms in total. The van der Waals surface area contributed by atoms with Crippen molar-refractivity contribution in [3.8, 4) is 11.4 Å². The number of benzene rings is 2. The first-order valence-corrected chi connectivity index (χ1v) is 12.2. The molecule has 0 radical (unpaired) electrons. The molecule has 4 rings (SSSR count). The number of thiazole rings is 1. The highest BCUT2D eigenvalue weighted by atomic mass is 32.2. The van der Waals surface area contributed by atoms with Crippen LogP contribution in [0.1, 0.15) is 12.5 Å². The van der Waals surface area contributed by atoms with Crippen LogP contribution >= 0.6 is 35.3 Å². The SMILES string of the molecule is CCOc1ccc(-n2c(=S)sc3c(=O)[nH]c(SCC(=O)NCc4ccc(F)cc4)nc32)cc1. The molecular formula is C22H19FN4O3S3. The zero-order chi connectivity index (χ0) is 23.4. The van der Waals surface area contributed by atoms with E-state index in [4.69, 9.17) is 17.0 Å². The van der Waals surface area contributed by atoms with Gasteiger partial charge in [0.2, 0.25) is 5.91 Å². The molecule has 0 spiro atoms. The lowest BCUT2D eigenvalue weighted by Gasteiger charge is -2.08. The van der Waals surface area contributed by atoms with Crippen molar-refractivity contribution in [1.82, 2.24) is 19.9 Å². The van der Waals surface area contributed by atoms with Crippen LogP contribution in [0.4, 0.5) is 4.39 Å². The molecule has 0 unspecified atom stereocenters. The lowest BCUT2D eigenvalue weighted by molar-refractivity contribution is -0.118. The minimum atomic E-state index is -0.329. The van der Waals surface area contributed by atoms with Gasteiger partial charge in [-0.25, -0.2) is 9.37 Å². The van der Waals surface area contributed by atoms with Crippen LogP contribution in [-0.2, 0) is 11.3 Å². The Morgan fingerprint density at radius 1 is 1.24 bits per heavy atom. The summed E-state index contributed by atoms with van der Waals surface area (Å²) >= 11 is 7.78. The lowest BCUT2D eigenvalue weighted by Crippen LogP contribution is -2.24. The number of aromatic nitrogens is 3. The van der Waals surface area contributed by atoms with Crippen LogP contribution in [-0.4, -0.2) is 32.8 Å². The Morgan fingerprint density at radius 2 is 1.97 bits per heavy atom. The predicted octanol–water partition coefficient (Wildman–Crippen LogP) is 4.45. The standard InChI is InChI=1S/C22H19FN4O3S3/c1-2-30-16-9-7-15(8-10-16)27-19-18(33-22(27)31)20(29)26-21(25-19)32-12-17(28)24-11-13-3-5-14(23)6-4-13/h3-10H,2,11-12H2,1H3,(H,24,28)(H,25,26,29). The number of halogens is 1. The van der Waals surface area contributed by atoms with Crippen LogP contribution in [0.15, 0.2) is 58.5 Å². The molecule has 33 heavy (non-hydrogen) atoms. The molecule has 2 aromatic heterocycles. The second-order valence-corrected chi connectivity index (χ2v) is 9.45. The fourth-order valence-corrected chi connectivity index (χ4v) is 4.99. The summed E-state index contributed by atoms with van der Waals surface area (Å²) < 4.78 is 21.1. The highest BCUT2D eigenvalue weighted by Crippen LogP contribution is 2.25. The van der Waals surface area contributed by atoms with E-state index in [1.165, 1.54) is 23.5 Å². The molecule has 0 atom stereocenters. The second kappa shape index (κ2) is 10.3. The zero-order valence-corrected chi connectivity index (χ0v) is 19.9. The van der Waals surface area contributed by atoms with Gasteiger partial charge in [-0.05, 0) is 61.1 Å². The van der Waals surface area contributed by atoms with E-state index >= 15 is 0 Å². The fourth-order valence-electron chi connectivity index (χ4n) is 3.04. The normalized spacial score (nSPS) is 11.0.